The second-order valence-corrected chi connectivity index (χ2v) is 17.4. The van der Waals surface area contributed by atoms with Crippen molar-refractivity contribution in [3.8, 4) is 0 Å². The molecule has 1 aromatic heterocycles. The van der Waals surface area contributed by atoms with E-state index in [1.807, 2.05) is 0 Å². The minimum absolute atomic E-state index is 0.00821. The molecule has 1 aromatic rings. The van der Waals surface area contributed by atoms with Gasteiger partial charge in [-0.1, -0.05) is 6.92 Å². The summed E-state index contributed by atoms with van der Waals surface area (Å²) in [5.41, 5.74) is -2.60. The van der Waals surface area contributed by atoms with Crippen LogP contribution in [0.2, 0.25) is 0 Å². The Balaban J connectivity index is 0.794. The Morgan fingerprint density at radius 1 is 0.630 bits per heavy atom. The van der Waals surface area contributed by atoms with E-state index in [1.54, 1.807) is 0 Å². The molecule has 9 aliphatic rings. The predicted octanol–water partition coefficient (Wildman–Crippen LogP) is 1.95. The van der Waals surface area contributed by atoms with Crippen LogP contribution in [-0.4, -0.2) is 87.6 Å². The van der Waals surface area contributed by atoms with E-state index >= 15 is 0 Å². The zero-order valence-electron chi connectivity index (χ0n) is 31.1. The number of nitrogens with zero attached hydrogens (tertiary/aromatic N) is 3. The van der Waals surface area contributed by atoms with Gasteiger partial charge in [0.2, 0.25) is 0 Å². The fourth-order valence-electron chi connectivity index (χ4n) is 11.4. The van der Waals surface area contributed by atoms with Gasteiger partial charge in [0.05, 0.1) is 55.9 Å². The first kappa shape index (κ1) is 36.3. The smallest absolute Gasteiger partial charge is 0.336 e. The quantitative estimate of drug-likeness (QED) is 0.114. The van der Waals surface area contributed by atoms with Gasteiger partial charge in [0.25, 0.3) is 0 Å². The molecule has 0 radical (unpaired) electrons. The third-order valence-electron chi connectivity index (χ3n) is 14.4. The van der Waals surface area contributed by atoms with Crippen molar-refractivity contribution in [3.05, 3.63) is 31.5 Å². The van der Waals surface area contributed by atoms with Crippen molar-refractivity contribution in [2.24, 2.45) is 41.4 Å². The number of carbonyl (C=O) groups excluding carboxylic acids is 3. The molecule has 4 aliphatic heterocycles. The molecule has 15 nitrogen and oxygen atoms in total. The van der Waals surface area contributed by atoms with Crippen LogP contribution in [0.3, 0.4) is 0 Å². The molecule has 54 heavy (non-hydrogen) atoms. The molecular formula is C39H53N3O12. The summed E-state index contributed by atoms with van der Waals surface area (Å²) >= 11 is 0. The molecule has 15 heteroatoms. The summed E-state index contributed by atoms with van der Waals surface area (Å²) in [5.74, 6) is 1.63. The van der Waals surface area contributed by atoms with Crippen LogP contribution in [0.15, 0.2) is 14.4 Å². The van der Waals surface area contributed by atoms with Crippen LogP contribution in [0.1, 0.15) is 90.4 Å². The van der Waals surface area contributed by atoms with E-state index in [0.717, 1.165) is 58.6 Å². The summed E-state index contributed by atoms with van der Waals surface area (Å²) in [5, 5.41) is 0. The van der Waals surface area contributed by atoms with E-state index in [9.17, 15) is 28.8 Å². The maximum Gasteiger partial charge on any atom is 0.336 e. The zero-order chi connectivity index (χ0) is 37.3. The summed E-state index contributed by atoms with van der Waals surface area (Å²) in [6, 6.07) is 0. The first-order chi connectivity index (χ1) is 26.1. The molecule has 0 N–H and O–H groups in total. The molecule has 0 aromatic carbocycles. The molecule has 6 bridgehead atoms. The first-order valence-electron chi connectivity index (χ1n) is 20.5. The molecule has 13 unspecified atom stereocenters. The summed E-state index contributed by atoms with van der Waals surface area (Å²) in [6.45, 7) is 2.76. The van der Waals surface area contributed by atoms with Crippen molar-refractivity contribution in [1.29, 1.82) is 0 Å². The average molecular weight is 756 g/mol. The minimum Gasteiger partial charge on any atom is -0.465 e. The Hall–Kier alpha value is -3.30. The molecular weight excluding hydrogens is 702 g/mol. The fraction of sp³-hybridized carbons (Fsp3) is 0.846. The van der Waals surface area contributed by atoms with Crippen LogP contribution >= 0.6 is 0 Å². The van der Waals surface area contributed by atoms with Crippen LogP contribution in [0, 0.1) is 41.4 Å². The molecule has 0 spiro atoms. The van der Waals surface area contributed by atoms with Crippen molar-refractivity contribution in [2.75, 3.05) is 19.8 Å². The van der Waals surface area contributed by atoms with Crippen LogP contribution in [0.5, 0.6) is 0 Å². The highest BCUT2D eigenvalue weighted by Crippen LogP contribution is 2.60. The molecule has 5 saturated carbocycles. The lowest BCUT2D eigenvalue weighted by atomic mass is 9.87. The highest BCUT2D eigenvalue weighted by molar-refractivity contribution is 5.70. The van der Waals surface area contributed by atoms with Gasteiger partial charge in [0.15, 0.2) is 0 Å². The SMILES string of the molecule is CCC12CC(CC1COC(=O)CCCn1c(=O)n(CCCC(=O)OCC3CC4CC3C3OC43)c(=O)n(CCCC(=O)OCC3CC4CC3C3OC43)c1=O)O2. The molecule has 5 heterocycles. The average Bonchev–Trinajstić information content (AvgIpc) is 3.78. The van der Waals surface area contributed by atoms with Gasteiger partial charge in [-0.2, -0.15) is 0 Å². The predicted molar refractivity (Wildman–Crippen MR) is 187 cm³/mol. The number of rotatable bonds is 19. The first-order valence-corrected chi connectivity index (χ1v) is 20.5. The largest absolute Gasteiger partial charge is 0.465 e. The summed E-state index contributed by atoms with van der Waals surface area (Å²) in [4.78, 5) is 78.7. The van der Waals surface area contributed by atoms with Crippen LogP contribution in [-0.2, 0) is 62.4 Å². The monoisotopic (exact) mass is 755 g/mol. The van der Waals surface area contributed by atoms with Crippen LogP contribution < -0.4 is 17.1 Å². The summed E-state index contributed by atoms with van der Waals surface area (Å²) in [7, 11) is 0. The Kier molecular flexibility index (Phi) is 9.64. The molecule has 0 amide bonds. The highest BCUT2D eigenvalue weighted by atomic mass is 16.6. The second-order valence-electron chi connectivity index (χ2n) is 17.4. The Morgan fingerprint density at radius 2 is 1.06 bits per heavy atom. The Morgan fingerprint density at radius 3 is 1.44 bits per heavy atom. The van der Waals surface area contributed by atoms with Gasteiger partial charge in [0.1, 0.15) is 0 Å². The third kappa shape index (κ3) is 6.69. The second kappa shape index (κ2) is 14.3. The lowest BCUT2D eigenvalue weighted by Gasteiger charge is -2.40. The molecule has 296 valence electrons. The van der Waals surface area contributed by atoms with E-state index in [2.05, 4.69) is 6.92 Å². The van der Waals surface area contributed by atoms with Gasteiger partial charge in [0, 0.05) is 51.2 Å². The van der Waals surface area contributed by atoms with Crippen molar-refractivity contribution in [1.82, 2.24) is 13.7 Å². The number of fused-ring (bicyclic) bond motifs is 11. The van der Waals surface area contributed by atoms with Crippen LogP contribution in [0.25, 0.3) is 0 Å². The van der Waals surface area contributed by atoms with Crippen molar-refractivity contribution >= 4 is 17.9 Å². The minimum atomic E-state index is -0.802. The lowest BCUT2D eigenvalue weighted by molar-refractivity contribution is -0.174. The van der Waals surface area contributed by atoms with Crippen molar-refractivity contribution in [3.63, 3.8) is 0 Å². The maximum atomic E-state index is 13.6. The Bertz CT molecular complexity index is 1730. The number of esters is 3. The highest BCUT2D eigenvalue weighted by Gasteiger charge is 2.64. The van der Waals surface area contributed by atoms with E-state index in [0.29, 0.717) is 73.1 Å². The van der Waals surface area contributed by atoms with Crippen molar-refractivity contribution < 1.29 is 42.8 Å². The number of hydrogen-bond acceptors (Lipinski definition) is 12. The van der Waals surface area contributed by atoms with Gasteiger partial charge in [-0.25, -0.2) is 28.1 Å². The van der Waals surface area contributed by atoms with Crippen molar-refractivity contribution in [2.45, 2.75) is 146 Å². The fourth-order valence-corrected chi connectivity index (χ4v) is 11.4. The topological polar surface area (TPSA) is 179 Å². The van der Waals surface area contributed by atoms with Gasteiger partial charge in [-0.05, 0) is 93.3 Å². The number of carbonyl (C=O) groups is 3. The molecule has 10 rings (SSSR count). The summed E-state index contributed by atoms with van der Waals surface area (Å²) < 4.78 is 37.0. The number of epoxide rings is 2. The maximum absolute atomic E-state index is 13.6. The molecule has 4 saturated heterocycles. The van der Waals surface area contributed by atoms with Gasteiger partial charge < -0.3 is 28.4 Å². The normalized spacial score (nSPS) is 38.2. The van der Waals surface area contributed by atoms with E-state index in [4.69, 9.17) is 28.4 Å². The van der Waals surface area contributed by atoms with E-state index < -0.39 is 35.0 Å². The third-order valence-corrected chi connectivity index (χ3v) is 14.4. The zero-order valence-corrected chi connectivity index (χ0v) is 31.1. The van der Waals surface area contributed by atoms with Gasteiger partial charge in [-0.15, -0.1) is 0 Å². The van der Waals surface area contributed by atoms with Crippen LogP contribution in [0.4, 0.5) is 0 Å². The molecule has 9 fully saturated rings. The molecule has 5 aliphatic carbocycles. The lowest BCUT2D eigenvalue weighted by Crippen LogP contribution is -2.54. The summed E-state index contributed by atoms with van der Waals surface area (Å²) in [6.07, 6.45) is 9.24. The van der Waals surface area contributed by atoms with Gasteiger partial charge in [-0.3, -0.25) is 14.4 Å². The van der Waals surface area contributed by atoms with E-state index in [-0.39, 0.29) is 82.4 Å². The van der Waals surface area contributed by atoms with Gasteiger partial charge >= 0.3 is 35.0 Å². The Labute approximate surface area is 312 Å². The number of aromatic nitrogens is 3. The standard InChI is InChI=1S/C39H53N3O12/c1-2-39-17-26(54-39)16-25(39)20-51-31(45)8-5-11-42-37(47)40(9-3-6-29(43)49-18-23-12-21-14-27(23)34-32(21)52-34)36(46)41(38(42)48)10-4-7-30(44)50-19-24-13-22-15-28(24)35-33(22)53-35/h21-28,32-35H,2-20H2,1H3. The molecule has 13 atom stereocenters. The number of hydrogen-bond donors (Lipinski definition) is 0. The van der Waals surface area contributed by atoms with E-state index in [1.165, 1.54) is 0 Å². The number of ether oxygens (including phenoxy) is 6.